The summed E-state index contributed by atoms with van der Waals surface area (Å²) in [5, 5.41) is 12.7. The Morgan fingerprint density at radius 2 is 2.08 bits per heavy atom. The second-order valence-corrected chi connectivity index (χ2v) is 8.16. The van der Waals surface area contributed by atoms with Gasteiger partial charge in [-0.3, -0.25) is 4.79 Å². The normalized spacial score (nSPS) is 12.9. The number of amides is 1. The number of carboxylic acids is 1. The van der Waals surface area contributed by atoms with E-state index in [0.717, 1.165) is 0 Å². The molecule has 1 aromatic heterocycles. The molecule has 24 heavy (non-hydrogen) atoms. The number of benzene rings is 1. The maximum atomic E-state index is 12.2. The molecule has 0 saturated heterocycles. The molecular weight excluding hydrogens is 356 g/mol. The second-order valence-electron chi connectivity index (χ2n) is 5.28. The van der Waals surface area contributed by atoms with Gasteiger partial charge < -0.3 is 15.4 Å². The molecule has 0 radical (unpaired) electrons. The Morgan fingerprint density at radius 3 is 2.67 bits per heavy atom. The molecule has 2 rings (SSSR count). The van der Waals surface area contributed by atoms with Crippen molar-refractivity contribution in [1.82, 2.24) is 10.3 Å². The first-order valence-corrected chi connectivity index (χ1v) is 9.44. The third-order valence-corrected chi connectivity index (χ3v) is 5.66. The molecule has 1 heterocycles. The molecule has 1 amide bonds. The number of halogens is 1. The summed E-state index contributed by atoms with van der Waals surface area (Å²) >= 11 is 6.02. The fourth-order valence-electron chi connectivity index (χ4n) is 2.18. The summed E-state index contributed by atoms with van der Waals surface area (Å²) in [5.41, 5.74) is 0.729. The van der Waals surface area contributed by atoms with Crippen LogP contribution in [-0.2, 0) is 14.6 Å². The number of hydrogen-bond donors (Lipinski definition) is 3. The van der Waals surface area contributed by atoms with Crippen molar-refractivity contribution in [2.45, 2.75) is 19.4 Å². The number of aliphatic carboxylic acids is 1. The van der Waals surface area contributed by atoms with Crippen LogP contribution >= 0.6 is 11.6 Å². The number of carbonyl (C=O) groups excluding carboxylic acids is 1. The summed E-state index contributed by atoms with van der Waals surface area (Å²) in [4.78, 5) is 26.3. The van der Waals surface area contributed by atoms with Gasteiger partial charge in [0.2, 0.25) is 0 Å². The number of H-pyrrole nitrogens is 1. The zero-order chi connectivity index (χ0) is 17.9. The average molecular weight is 373 g/mol. The van der Waals surface area contributed by atoms with Gasteiger partial charge in [0.05, 0.1) is 16.3 Å². The monoisotopic (exact) mass is 372 g/mol. The van der Waals surface area contributed by atoms with Gasteiger partial charge in [-0.25, -0.2) is 13.2 Å². The molecule has 130 valence electrons. The zero-order valence-electron chi connectivity index (χ0n) is 12.9. The van der Waals surface area contributed by atoms with Crippen LogP contribution in [0.5, 0.6) is 0 Å². The third-order valence-electron chi connectivity index (χ3n) is 3.61. The Morgan fingerprint density at radius 1 is 1.38 bits per heavy atom. The quantitative estimate of drug-likeness (QED) is 0.685. The van der Waals surface area contributed by atoms with E-state index in [1.54, 1.807) is 24.3 Å². The Balaban J connectivity index is 2.14. The van der Waals surface area contributed by atoms with Crippen LogP contribution in [0.25, 0.3) is 10.9 Å². The summed E-state index contributed by atoms with van der Waals surface area (Å²) < 4.78 is 23.0. The van der Waals surface area contributed by atoms with E-state index in [-0.39, 0.29) is 23.6 Å². The first-order chi connectivity index (χ1) is 11.2. The minimum absolute atomic E-state index is 0.0756. The largest absolute Gasteiger partial charge is 0.480 e. The molecule has 0 aliphatic rings. The number of aromatic amines is 1. The van der Waals surface area contributed by atoms with Crippen molar-refractivity contribution in [3.05, 3.63) is 35.0 Å². The number of carbonyl (C=O) groups is 2. The van der Waals surface area contributed by atoms with E-state index in [1.807, 2.05) is 0 Å². The number of nitrogens with one attached hydrogen (secondary N) is 2. The molecule has 7 nitrogen and oxygen atoms in total. The van der Waals surface area contributed by atoms with Crippen molar-refractivity contribution < 1.29 is 23.1 Å². The van der Waals surface area contributed by atoms with Crippen LogP contribution in [0.1, 0.15) is 23.8 Å². The van der Waals surface area contributed by atoms with Gasteiger partial charge in [-0.1, -0.05) is 30.7 Å². The molecule has 1 unspecified atom stereocenters. The topological polar surface area (TPSA) is 116 Å². The smallest absolute Gasteiger partial charge is 0.326 e. The van der Waals surface area contributed by atoms with E-state index in [1.165, 1.54) is 6.92 Å². The lowest BCUT2D eigenvalue weighted by molar-refractivity contribution is -0.139. The van der Waals surface area contributed by atoms with E-state index < -0.39 is 27.8 Å². The molecule has 0 aliphatic carbocycles. The molecule has 1 aromatic carbocycles. The van der Waals surface area contributed by atoms with Gasteiger partial charge in [-0.2, -0.15) is 0 Å². The Labute approximate surface area is 143 Å². The van der Waals surface area contributed by atoms with Gasteiger partial charge in [0.15, 0.2) is 0 Å². The van der Waals surface area contributed by atoms with Crippen molar-refractivity contribution in [2.24, 2.45) is 0 Å². The minimum Gasteiger partial charge on any atom is -0.480 e. The second kappa shape index (κ2) is 7.23. The van der Waals surface area contributed by atoms with Gasteiger partial charge in [-0.15, -0.1) is 0 Å². The first-order valence-electron chi connectivity index (χ1n) is 7.25. The molecular formula is C15H17ClN2O5S. The third kappa shape index (κ3) is 4.27. The van der Waals surface area contributed by atoms with Gasteiger partial charge in [0.25, 0.3) is 5.91 Å². The molecule has 0 bridgehead atoms. The minimum atomic E-state index is -3.31. The highest BCUT2D eigenvalue weighted by Gasteiger charge is 2.23. The molecule has 1 atom stereocenters. The van der Waals surface area contributed by atoms with Gasteiger partial charge in [0.1, 0.15) is 21.6 Å². The maximum absolute atomic E-state index is 12.2. The number of hydrogen-bond acceptors (Lipinski definition) is 4. The molecule has 0 spiro atoms. The van der Waals surface area contributed by atoms with E-state index in [0.29, 0.717) is 15.9 Å². The van der Waals surface area contributed by atoms with Crippen LogP contribution in [0.4, 0.5) is 0 Å². The first kappa shape index (κ1) is 18.3. The van der Waals surface area contributed by atoms with Crippen molar-refractivity contribution in [3.63, 3.8) is 0 Å². The predicted molar refractivity (Wildman–Crippen MR) is 91.1 cm³/mol. The Kier molecular flexibility index (Phi) is 5.51. The Hall–Kier alpha value is -2.06. The lowest BCUT2D eigenvalue weighted by atomic mass is 10.2. The number of sulfone groups is 1. The molecule has 2 aromatic rings. The summed E-state index contributed by atoms with van der Waals surface area (Å²) in [6.45, 7) is 1.48. The fraction of sp³-hybridized carbons (Fsp3) is 0.333. The summed E-state index contributed by atoms with van der Waals surface area (Å²) in [6, 6.07) is 5.42. The Bertz CT molecular complexity index is 875. The number of rotatable bonds is 7. The number of para-hydroxylation sites is 1. The molecule has 3 N–H and O–H groups in total. The lowest BCUT2D eigenvalue weighted by Crippen LogP contribution is -2.42. The maximum Gasteiger partial charge on any atom is 0.326 e. The fourth-order valence-corrected chi connectivity index (χ4v) is 3.29. The van der Waals surface area contributed by atoms with Crippen molar-refractivity contribution in [3.8, 4) is 0 Å². The zero-order valence-corrected chi connectivity index (χ0v) is 14.4. The van der Waals surface area contributed by atoms with E-state index in [2.05, 4.69) is 10.3 Å². The van der Waals surface area contributed by atoms with Crippen LogP contribution < -0.4 is 5.32 Å². The lowest BCUT2D eigenvalue weighted by Gasteiger charge is -2.13. The van der Waals surface area contributed by atoms with E-state index >= 15 is 0 Å². The number of fused-ring (bicyclic) bond motifs is 1. The average Bonchev–Trinajstić information content (AvgIpc) is 2.96. The van der Waals surface area contributed by atoms with Crippen molar-refractivity contribution in [1.29, 1.82) is 0 Å². The summed E-state index contributed by atoms with van der Waals surface area (Å²) in [5.74, 6) is -2.31. The summed E-state index contributed by atoms with van der Waals surface area (Å²) in [6.07, 6.45) is -0.196. The number of aromatic nitrogens is 1. The van der Waals surface area contributed by atoms with Crippen LogP contribution in [0.3, 0.4) is 0 Å². The van der Waals surface area contributed by atoms with E-state index in [9.17, 15) is 23.1 Å². The highest BCUT2D eigenvalue weighted by atomic mass is 35.5. The van der Waals surface area contributed by atoms with Crippen LogP contribution in [0.2, 0.25) is 5.02 Å². The van der Waals surface area contributed by atoms with Crippen molar-refractivity contribution >= 4 is 44.2 Å². The predicted octanol–water partition coefficient (Wildman–Crippen LogP) is 1.83. The molecule has 9 heteroatoms. The summed E-state index contributed by atoms with van der Waals surface area (Å²) in [7, 11) is -3.31. The molecule has 0 saturated carbocycles. The van der Waals surface area contributed by atoms with Crippen LogP contribution in [0, 0.1) is 0 Å². The molecule has 0 fully saturated rings. The van der Waals surface area contributed by atoms with Crippen LogP contribution in [-0.4, -0.2) is 47.9 Å². The highest BCUT2D eigenvalue weighted by molar-refractivity contribution is 7.91. The van der Waals surface area contributed by atoms with Crippen LogP contribution in [0.15, 0.2) is 24.3 Å². The SMILES string of the molecule is CCS(=O)(=O)CCC(NC(=O)c1cc2cccc(Cl)c2[nH]1)C(=O)O. The van der Waals surface area contributed by atoms with Gasteiger partial charge in [0, 0.05) is 11.1 Å². The van der Waals surface area contributed by atoms with Gasteiger partial charge in [-0.05, 0) is 18.6 Å². The van der Waals surface area contributed by atoms with Crippen molar-refractivity contribution in [2.75, 3.05) is 11.5 Å². The number of carboxylic acid groups (broad SMARTS) is 1. The van der Waals surface area contributed by atoms with E-state index in [4.69, 9.17) is 11.6 Å². The molecule has 0 aliphatic heterocycles. The standard InChI is InChI=1S/C15H17ClN2O5S/c1-2-24(22,23)7-6-11(15(20)21)18-14(19)12-8-9-4-3-5-10(16)13(9)17-12/h3-5,8,11,17H,2,6-7H2,1H3,(H,18,19)(H,20,21). The van der Waals surface area contributed by atoms with Gasteiger partial charge >= 0.3 is 5.97 Å². The highest BCUT2D eigenvalue weighted by Crippen LogP contribution is 2.23.